The van der Waals surface area contributed by atoms with Crippen LogP contribution in [0.25, 0.3) is 0 Å². The van der Waals surface area contributed by atoms with Crippen LogP contribution in [0.2, 0.25) is 0 Å². The quantitative estimate of drug-likeness (QED) is 0.710. The predicted molar refractivity (Wildman–Crippen MR) is 57.3 cm³/mol. The summed E-state index contributed by atoms with van der Waals surface area (Å²) in [6.45, 7) is 0.844. The maximum atomic E-state index is 11.0. The first-order valence-corrected chi connectivity index (χ1v) is 5.96. The smallest absolute Gasteiger partial charge is 0.313 e. The molecule has 74 valence electrons. The number of aryl methyl sites for hydroxylation is 1. The first-order valence-electron chi connectivity index (χ1n) is 4.57. The Morgan fingerprint density at radius 3 is 2.92 bits per heavy atom. The van der Waals surface area contributed by atoms with E-state index in [0.717, 1.165) is 13.0 Å². The van der Waals surface area contributed by atoms with Crippen molar-refractivity contribution in [2.24, 2.45) is 0 Å². The van der Waals surface area contributed by atoms with Gasteiger partial charge in [0.15, 0.2) is 0 Å². The average molecular weight is 200 g/mol. The first-order chi connectivity index (χ1) is 6.34. The zero-order valence-electron chi connectivity index (χ0n) is 7.95. The molecule has 0 atom stereocenters. The summed E-state index contributed by atoms with van der Waals surface area (Å²) in [4.78, 5) is 13.7. The van der Waals surface area contributed by atoms with E-state index in [4.69, 9.17) is 0 Å². The number of imidazole rings is 1. The largest absolute Gasteiger partial charge is 0.325 e. The zero-order valence-corrected chi connectivity index (χ0v) is 8.77. The summed E-state index contributed by atoms with van der Waals surface area (Å²) < 4.78 is 1.72. The highest BCUT2D eigenvalue weighted by Gasteiger charge is 1.94. The number of nitrogens with one attached hydrogen (secondary N) is 1. The van der Waals surface area contributed by atoms with E-state index >= 15 is 0 Å². The molecule has 13 heavy (non-hydrogen) atoms. The highest BCUT2D eigenvalue weighted by atomic mass is 32.2. The second kappa shape index (κ2) is 5.91. The molecule has 0 aliphatic rings. The number of thioether (sulfide) groups is 1. The van der Waals surface area contributed by atoms with Gasteiger partial charge in [-0.1, -0.05) is 6.42 Å². The molecule has 0 amide bonds. The highest BCUT2D eigenvalue weighted by Crippen LogP contribution is 2.02. The van der Waals surface area contributed by atoms with Crippen molar-refractivity contribution in [3.8, 4) is 0 Å². The molecule has 0 aromatic carbocycles. The topological polar surface area (TPSA) is 37.8 Å². The summed E-state index contributed by atoms with van der Waals surface area (Å²) in [6.07, 6.45) is 9.16. The van der Waals surface area contributed by atoms with E-state index < -0.39 is 0 Å². The Morgan fingerprint density at radius 1 is 1.46 bits per heavy atom. The van der Waals surface area contributed by atoms with Crippen molar-refractivity contribution >= 4 is 11.8 Å². The predicted octanol–water partition coefficient (Wildman–Crippen LogP) is 1.71. The van der Waals surface area contributed by atoms with Gasteiger partial charge >= 0.3 is 5.69 Å². The van der Waals surface area contributed by atoms with Crippen molar-refractivity contribution in [2.75, 3.05) is 12.0 Å². The molecule has 0 saturated heterocycles. The molecular weight excluding hydrogens is 184 g/mol. The van der Waals surface area contributed by atoms with Gasteiger partial charge in [0, 0.05) is 18.9 Å². The van der Waals surface area contributed by atoms with Gasteiger partial charge in [-0.05, 0) is 24.9 Å². The third kappa shape index (κ3) is 3.72. The second-order valence-corrected chi connectivity index (χ2v) is 4.00. The monoisotopic (exact) mass is 200 g/mol. The summed E-state index contributed by atoms with van der Waals surface area (Å²) in [5.74, 6) is 1.22. The summed E-state index contributed by atoms with van der Waals surface area (Å²) in [5.41, 5.74) is 0.00451. The molecule has 1 N–H and O–H groups in total. The van der Waals surface area contributed by atoms with Crippen LogP contribution < -0.4 is 5.69 Å². The fourth-order valence-corrected chi connectivity index (χ4v) is 1.72. The van der Waals surface area contributed by atoms with E-state index in [-0.39, 0.29) is 5.69 Å². The summed E-state index contributed by atoms with van der Waals surface area (Å²) >= 11 is 1.88. The summed E-state index contributed by atoms with van der Waals surface area (Å²) in [6, 6.07) is 0. The van der Waals surface area contributed by atoms with Crippen molar-refractivity contribution in [2.45, 2.75) is 25.8 Å². The Labute approximate surface area is 82.5 Å². The van der Waals surface area contributed by atoms with Crippen molar-refractivity contribution in [1.82, 2.24) is 9.55 Å². The van der Waals surface area contributed by atoms with Crippen LogP contribution in [0.1, 0.15) is 19.3 Å². The van der Waals surface area contributed by atoms with Crippen LogP contribution in [0, 0.1) is 0 Å². The molecule has 1 aromatic rings. The lowest BCUT2D eigenvalue weighted by Crippen LogP contribution is -2.15. The Kier molecular flexibility index (Phi) is 4.75. The van der Waals surface area contributed by atoms with Crippen molar-refractivity contribution in [3.05, 3.63) is 22.9 Å². The Balaban J connectivity index is 2.13. The maximum absolute atomic E-state index is 11.0. The van der Waals surface area contributed by atoms with Crippen LogP contribution in [-0.4, -0.2) is 21.6 Å². The Hall–Kier alpha value is -0.640. The van der Waals surface area contributed by atoms with E-state index in [1.807, 2.05) is 11.8 Å². The van der Waals surface area contributed by atoms with Crippen molar-refractivity contribution in [1.29, 1.82) is 0 Å². The van der Waals surface area contributed by atoms with Crippen molar-refractivity contribution in [3.63, 3.8) is 0 Å². The molecule has 1 rings (SSSR count). The van der Waals surface area contributed by atoms with Crippen LogP contribution in [0.3, 0.4) is 0 Å². The molecule has 0 bridgehead atoms. The molecule has 1 heterocycles. The normalized spacial score (nSPS) is 10.5. The fraction of sp³-hybridized carbons (Fsp3) is 0.667. The number of rotatable bonds is 6. The van der Waals surface area contributed by atoms with Crippen LogP contribution in [0.15, 0.2) is 17.2 Å². The van der Waals surface area contributed by atoms with E-state index in [2.05, 4.69) is 11.2 Å². The minimum atomic E-state index is 0.00451. The first kappa shape index (κ1) is 10.4. The molecule has 0 saturated carbocycles. The standard InChI is InChI=1S/C9H16N2OS/c1-13-8-4-2-3-6-11-7-5-10-9(11)12/h5,7H,2-4,6,8H2,1H3,(H,10,12). The molecule has 0 fully saturated rings. The summed E-state index contributed by atoms with van der Waals surface area (Å²) in [5, 5.41) is 0. The van der Waals surface area contributed by atoms with Gasteiger partial charge in [-0.3, -0.25) is 4.57 Å². The molecule has 4 heteroatoms. The van der Waals surface area contributed by atoms with Gasteiger partial charge in [-0.25, -0.2) is 4.79 Å². The number of hydrogen-bond donors (Lipinski definition) is 1. The van der Waals surface area contributed by atoms with Gasteiger partial charge in [0.05, 0.1) is 0 Å². The highest BCUT2D eigenvalue weighted by molar-refractivity contribution is 7.98. The SMILES string of the molecule is CSCCCCCn1cc[nH]c1=O. The second-order valence-electron chi connectivity index (χ2n) is 3.01. The number of nitrogens with zero attached hydrogens (tertiary/aromatic N) is 1. The van der Waals surface area contributed by atoms with Crippen molar-refractivity contribution < 1.29 is 0 Å². The Morgan fingerprint density at radius 2 is 2.31 bits per heavy atom. The molecule has 0 aliphatic carbocycles. The number of H-pyrrole nitrogens is 1. The summed E-state index contributed by atoms with van der Waals surface area (Å²) in [7, 11) is 0. The molecular formula is C9H16N2OS. The van der Waals surface area contributed by atoms with Crippen LogP contribution in [0.5, 0.6) is 0 Å². The number of hydrogen-bond acceptors (Lipinski definition) is 2. The number of unbranched alkanes of at least 4 members (excludes halogenated alkanes) is 2. The third-order valence-corrected chi connectivity index (χ3v) is 2.67. The minimum Gasteiger partial charge on any atom is -0.313 e. The number of aromatic nitrogens is 2. The molecule has 0 unspecified atom stereocenters. The van der Waals surface area contributed by atoms with E-state index in [1.54, 1.807) is 17.0 Å². The minimum absolute atomic E-state index is 0.00451. The maximum Gasteiger partial charge on any atom is 0.325 e. The lowest BCUT2D eigenvalue weighted by atomic mass is 10.2. The molecule has 1 aromatic heterocycles. The molecule has 3 nitrogen and oxygen atoms in total. The van der Waals surface area contributed by atoms with Gasteiger partial charge in [0.25, 0.3) is 0 Å². The zero-order chi connectivity index (χ0) is 9.52. The van der Waals surface area contributed by atoms with Gasteiger partial charge in [-0.15, -0.1) is 0 Å². The van der Waals surface area contributed by atoms with Crippen LogP contribution >= 0.6 is 11.8 Å². The van der Waals surface area contributed by atoms with Gasteiger partial charge in [0.2, 0.25) is 0 Å². The van der Waals surface area contributed by atoms with Gasteiger partial charge in [0.1, 0.15) is 0 Å². The van der Waals surface area contributed by atoms with Crippen LogP contribution in [0.4, 0.5) is 0 Å². The molecule has 0 radical (unpaired) electrons. The molecule has 0 aliphatic heterocycles. The lowest BCUT2D eigenvalue weighted by molar-refractivity contribution is 0.591. The van der Waals surface area contributed by atoms with Crippen LogP contribution in [-0.2, 0) is 6.54 Å². The van der Waals surface area contributed by atoms with E-state index in [1.165, 1.54) is 18.6 Å². The molecule has 0 spiro atoms. The lowest BCUT2D eigenvalue weighted by Gasteiger charge is -2.00. The fourth-order valence-electron chi connectivity index (χ4n) is 1.23. The third-order valence-electron chi connectivity index (χ3n) is 1.97. The Bertz CT molecular complexity index is 279. The van der Waals surface area contributed by atoms with Gasteiger partial charge < -0.3 is 4.98 Å². The average Bonchev–Trinajstić information content (AvgIpc) is 2.52. The van der Waals surface area contributed by atoms with E-state index in [9.17, 15) is 4.79 Å². The van der Waals surface area contributed by atoms with Gasteiger partial charge in [-0.2, -0.15) is 11.8 Å². The van der Waals surface area contributed by atoms with E-state index in [0.29, 0.717) is 0 Å². The number of aromatic amines is 1.